The summed E-state index contributed by atoms with van der Waals surface area (Å²) in [5, 5.41) is 10.5. The first-order valence-electron chi connectivity index (χ1n) is 4.43. The van der Waals surface area contributed by atoms with Crippen molar-refractivity contribution in [2.75, 3.05) is 5.73 Å². The molecule has 1 aromatic rings. The van der Waals surface area contributed by atoms with Crippen molar-refractivity contribution in [3.63, 3.8) is 0 Å². The minimum atomic E-state index is -1.20. The van der Waals surface area contributed by atoms with Crippen molar-refractivity contribution in [2.24, 2.45) is 0 Å². The van der Waals surface area contributed by atoms with Crippen LogP contribution in [0.1, 0.15) is 36.7 Å². The molecule has 0 aromatic heterocycles. The quantitative estimate of drug-likeness (QED) is 0.673. The molecule has 0 atom stereocenters. The number of rotatable bonds is 1. The number of anilines is 1. The van der Waals surface area contributed by atoms with Crippen molar-refractivity contribution >= 4 is 11.7 Å². The molecule has 0 aliphatic rings. The molecule has 2 N–H and O–H groups in total. The largest absolute Gasteiger partial charge is 0.545 e. The molecule has 0 aliphatic carbocycles. The summed E-state index contributed by atoms with van der Waals surface area (Å²) in [6.07, 6.45) is 0. The first kappa shape index (κ1) is 10.6. The molecule has 0 bridgehead atoms. The van der Waals surface area contributed by atoms with Crippen LogP contribution in [-0.2, 0) is 5.41 Å². The van der Waals surface area contributed by atoms with Crippen molar-refractivity contribution in [1.29, 1.82) is 0 Å². The highest BCUT2D eigenvalue weighted by atomic mass is 16.4. The molecule has 14 heavy (non-hydrogen) atoms. The summed E-state index contributed by atoms with van der Waals surface area (Å²) in [7, 11) is 0. The SMILES string of the molecule is CC(C)(C)c1ccc(C(=O)[O-])cc1N. The average Bonchev–Trinajstić information content (AvgIpc) is 2.01. The van der Waals surface area contributed by atoms with E-state index in [1.165, 1.54) is 12.1 Å². The molecule has 0 fully saturated rings. The number of aromatic carboxylic acids is 1. The van der Waals surface area contributed by atoms with Crippen LogP contribution in [0, 0.1) is 0 Å². The topological polar surface area (TPSA) is 66.1 Å². The predicted octanol–water partition coefficient (Wildman–Crippen LogP) is 0.930. The fourth-order valence-corrected chi connectivity index (χ4v) is 1.37. The van der Waals surface area contributed by atoms with E-state index in [0.29, 0.717) is 5.69 Å². The second kappa shape index (κ2) is 3.33. The Hall–Kier alpha value is -1.51. The maximum Gasteiger partial charge on any atom is 0.0716 e. The highest BCUT2D eigenvalue weighted by Crippen LogP contribution is 2.28. The number of carbonyl (C=O) groups is 1. The summed E-state index contributed by atoms with van der Waals surface area (Å²) in [6.45, 7) is 6.08. The molecular formula is C11H14NO2-. The number of hydrogen-bond acceptors (Lipinski definition) is 3. The van der Waals surface area contributed by atoms with Gasteiger partial charge < -0.3 is 15.6 Å². The number of nitrogens with two attached hydrogens (primary N) is 1. The van der Waals surface area contributed by atoms with Crippen LogP contribution >= 0.6 is 0 Å². The molecule has 1 aromatic carbocycles. The maximum atomic E-state index is 10.5. The molecule has 1 rings (SSSR count). The Morgan fingerprint density at radius 2 is 1.93 bits per heavy atom. The number of benzene rings is 1. The number of carbonyl (C=O) groups excluding carboxylic acids is 1. The van der Waals surface area contributed by atoms with Gasteiger partial charge in [-0.25, -0.2) is 0 Å². The maximum absolute atomic E-state index is 10.5. The van der Waals surface area contributed by atoms with E-state index in [4.69, 9.17) is 5.73 Å². The Morgan fingerprint density at radius 1 is 1.36 bits per heavy atom. The Balaban J connectivity index is 3.21. The second-order valence-corrected chi connectivity index (χ2v) is 4.34. The van der Waals surface area contributed by atoms with E-state index in [1.807, 2.05) is 20.8 Å². The lowest BCUT2D eigenvalue weighted by Gasteiger charge is -2.21. The summed E-state index contributed by atoms with van der Waals surface area (Å²) in [5.41, 5.74) is 7.25. The van der Waals surface area contributed by atoms with Gasteiger partial charge in [0.1, 0.15) is 0 Å². The number of carboxylic acids is 1. The van der Waals surface area contributed by atoms with Crippen LogP contribution in [-0.4, -0.2) is 5.97 Å². The Morgan fingerprint density at radius 3 is 2.29 bits per heavy atom. The van der Waals surface area contributed by atoms with Crippen LogP contribution in [0.4, 0.5) is 5.69 Å². The Labute approximate surface area is 83.6 Å². The van der Waals surface area contributed by atoms with Crippen molar-refractivity contribution in [3.05, 3.63) is 29.3 Å². The van der Waals surface area contributed by atoms with Gasteiger partial charge in [-0.05, 0) is 22.6 Å². The highest BCUT2D eigenvalue weighted by Gasteiger charge is 2.16. The molecule has 0 aliphatic heterocycles. The first-order chi connectivity index (χ1) is 6.32. The zero-order valence-electron chi connectivity index (χ0n) is 8.63. The second-order valence-electron chi connectivity index (χ2n) is 4.34. The summed E-state index contributed by atoms with van der Waals surface area (Å²) in [6, 6.07) is 4.70. The number of carboxylic acid groups (broad SMARTS) is 1. The third-order valence-electron chi connectivity index (χ3n) is 2.10. The van der Waals surface area contributed by atoms with Gasteiger partial charge in [-0.2, -0.15) is 0 Å². The molecule has 0 saturated carbocycles. The van der Waals surface area contributed by atoms with Gasteiger partial charge in [0.05, 0.1) is 5.97 Å². The lowest BCUT2D eigenvalue weighted by molar-refractivity contribution is -0.255. The molecule has 76 valence electrons. The van der Waals surface area contributed by atoms with E-state index in [9.17, 15) is 9.90 Å². The summed E-state index contributed by atoms with van der Waals surface area (Å²) in [4.78, 5) is 10.5. The minimum Gasteiger partial charge on any atom is -0.545 e. The number of nitrogen functional groups attached to an aromatic ring is 1. The Kier molecular flexibility index (Phi) is 2.51. The van der Waals surface area contributed by atoms with Gasteiger partial charge in [0.25, 0.3) is 0 Å². The predicted molar refractivity (Wildman–Crippen MR) is 53.9 cm³/mol. The minimum absolute atomic E-state index is 0.0749. The zero-order chi connectivity index (χ0) is 10.9. The normalized spacial score (nSPS) is 11.4. The van der Waals surface area contributed by atoms with Gasteiger partial charge in [-0.3, -0.25) is 0 Å². The third kappa shape index (κ3) is 2.05. The van der Waals surface area contributed by atoms with Gasteiger partial charge in [-0.1, -0.05) is 32.9 Å². The van der Waals surface area contributed by atoms with Crippen LogP contribution in [0.5, 0.6) is 0 Å². The molecule has 0 unspecified atom stereocenters. The first-order valence-corrected chi connectivity index (χ1v) is 4.43. The van der Waals surface area contributed by atoms with Gasteiger partial charge >= 0.3 is 0 Å². The van der Waals surface area contributed by atoms with Gasteiger partial charge in [0, 0.05) is 5.69 Å². The molecule has 3 nitrogen and oxygen atoms in total. The van der Waals surface area contributed by atoms with E-state index >= 15 is 0 Å². The Bertz CT molecular complexity index is 364. The van der Waals surface area contributed by atoms with Crippen molar-refractivity contribution < 1.29 is 9.90 Å². The van der Waals surface area contributed by atoms with Gasteiger partial charge in [0.15, 0.2) is 0 Å². The van der Waals surface area contributed by atoms with E-state index in [0.717, 1.165) is 5.56 Å². The zero-order valence-corrected chi connectivity index (χ0v) is 8.63. The molecule has 0 radical (unpaired) electrons. The average molecular weight is 192 g/mol. The molecule has 0 heterocycles. The van der Waals surface area contributed by atoms with Crippen LogP contribution in [0.25, 0.3) is 0 Å². The monoisotopic (exact) mass is 192 g/mol. The lowest BCUT2D eigenvalue weighted by Crippen LogP contribution is -2.23. The molecular weight excluding hydrogens is 178 g/mol. The molecule has 3 heteroatoms. The van der Waals surface area contributed by atoms with Crippen LogP contribution in [0.3, 0.4) is 0 Å². The molecule has 0 spiro atoms. The highest BCUT2D eigenvalue weighted by molar-refractivity contribution is 5.87. The van der Waals surface area contributed by atoms with Crippen molar-refractivity contribution in [1.82, 2.24) is 0 Å². The lowest BCUT2D eigenvalue weighted by atomic mass is 9.85. The number of hydrogen-bond donors (Lipinski definition) is 1. The van der Waals surface area contributed by atoms with Crippen LogP contribution < -0.4 is 10.8 Å². The fourth-order valence-electron chi connectivity index (χ4n) is 1.37. The molecule has 0 saturated heterocycles. The van der Waals surface area contributed by atoms with Gasteiger partial charge in [0.2, 0.25) is 0 Å². The van der Waals surface area contributed by atoms with E-state index in [2.05, 4.69) is 0 Å². The van der Waals surface area contributed by atoms with E-state index in [1.54, 1.807) is 6.07 Å². The van der Waals surface area contributed by atoms with Crippen LogP contribution in [0.2, 0.25) is 0 Å². The standard InChI is InChI=1S/C11H15NO2/c1-11(2,3)8-5-4-7(10(13)14)6-9(8)12/h4-6H,12H2,1-3H3,(H,13,14)/p-1. The fraction of sp³-hybridized carbons (Fsp3) is 0.364. The summed E-state index contributed by atoms with van der Waals surface area (Å²) < 4.78 is 0. The summed E-state index contributed by atoms with van der Waals surface area (Å²) in [5.74, 6) is -1.20. The smallest absolute Gasteiger partial charge is 0.0716 e. The van der Waals surface area contributed by atoms with Crippen LogP contribution in [0.15, 0.2) is 18.2 Å². The van der Waals surface area contributed by atoms with E-state index < -0.39 is 5.97 Å². The van der Waals surface area contributed by atoms with Crippen molar-refractivity contribution in [2.45, 2.75) is 26.2 Å². The van der Waals surface area contributed by atoms with Crippen molar-refractivity contribution in [3.8, 4) is 0 Å². The van der Waals surface area contributed by atoms with Gasteiger partial charge in [-0.15, -0.1) is 0 Å². The van der Waals surface area contributed by atoms with E-state index in [-0.39, 0.29) is 11.0 Å². The third-order valence-corrected chi connectivity index (χ3v) is 2.10. The molecule has 0 amide bonds. The summed E-state index contributed by atoms with van der Waals surface area (Å²) >= 11 is 0.